The second kappa shape index (κ2) is 6.44. The first-order valence-electron chi connectivity index (χ1n) is 8.11. The number of rotatable bonds is 4. The van der Waals surface area contributed by atoms with E-state index in [1.54, 1.807) is 0 Å². The number of aromatic nitrogens is 1. The van der Waals surface area contributed by atoms with Gasteiger partial charge in [0.05, 0.1) is 5.52 Å². The number of hydrogen-bond acceptors (Lipinski definition) is 3. The molecule has 0 saturated carbocycles. The minimum atomic E-state index is 0.491. The smallest absolute Gasteiger partial charge is 0.133 e. The summed E-state index contributed by atoms with van der Waals surface area (Å²) in [6.07, 6.45) is 3.92. The molecular weight excluding hydrogens is 258 g/mol. The van der Waals surface area contributed by atoms with Crippen LogP contribution in [0.4, 0.5) is 5.82 Å². The van der Waals surface area contributed by atoms with Crippen LogP contribution in [0.15, 0.2) is 30.3 Å². The van der Waals surface area contributed by atoms with Crippen molar-refractivity contribution in [3.05, 3.63) is 35.9 Å². The Morgan fingerprint density at radius 1 is 1.14 bits per heavy atom. The molecule has 0 bridgehead atoms. The molecule has 1 saturated heterocycles. The third-order valence-corrected chi connectivity index (χ3v) is 4.14. The fourth-order valence-corrected chi connectivity index (χ4v) is 2.97. The first kappa shape index (κ1) is 14.3. The monoisotopic (exact) mass is 283 g/mol. The lowest BCUT2D eigenvalue weighted by Crippen LogP contribution is -2.32. The van der Waals surface area contributed by atoms with Crippen LogP contribution in [-0.2, 0) is 6.54 Å². The maximum atomic E-state index is 4.96. The molecule has 21 heavy (non-hydrogen) atoms. The number of fused-ring (bicyclic) bond motifs is 1. The lowest BCUT2D eigenvalue weighted by molar-refractivity contribution is 0.562. The van der Waals surface area contributed by atoms with Crippen molar-refractivity contribution in [2.45, 2.75) is 45.7 Å². The summed E-state index contributed by atoms with van der Waals surface area (Å²) in [5, 5.41) is 4.77. The summed E-state index contributed by atoms with van der Waals surface area (Å²) < 4.78 is 0. The third kappa shape index (κ3) is 3.35. The Hall–Kier alpha value is -1.61. The Morgan fingerprint density at radius 2 is 1.90 bits per heavy atom. The Kier molecular flexibility index (Phi) is 4.39. The average Bonchev–Trinajstić information content (AvgIpc) is 2.53. The average molecular weight is 283 g/mol. The molecule has 1 aliphatic rings. The molecular formula is C18H25N3. The molecule has 3 rings (SSSR count). The molecule has 0 amide bonds. The fraction of sp³-hybridized carbons (Fsp3) is 0.500. The van der Waals surface area contributed by atoms with Crippen molar-refractivity contribution in [2.24, 2.45) is 0 Å². The standard InChI is InChI=1S/C18H25N3/c1-14(2)19-13-16-12-15-8-4-5-9-17(15)20-18(16)21-10-6-3-7-11-21/h4-5,8-9,12,14,19H,3,6-7,10-11,13H2,1-2H3. The Morgan fingerprint density at radius 3 is 2.67 bits per heavy atom. The van der Waals surface area contributed by atoms with Crippen LogP contribution < -0.4 is 10.2 Å². The molecule has 2 aromatic rings. The highest BCUT2D eigenvalue weighted by Crippen LogP contribution is 2.26. The molecule has 0 aliphatic carbocycles. The Balaban J connectivity index is 1.98. The van der Waals surface area contributed by atoms with Crippen molar-refractivity contribution in [1.29, 1.82) is 0 Å². The zero-order valence-electron chi connectivity index (χ0n) is 13.1. The molecule has 1 aliphatic heterocycles. The Bertz CT molecular complexity index is 600. The summed E-state index contributed by atoms with van der Waals surface area (Å²) in [6, 6.07) is 11.2. The van der Waals surface area contributed by atoms with E-state index >= 15 is 0 Å². The number of nitrogens with one attached hydrogen (secondary N) is 1. The topological polar surface area (TPSA) is 28.2 Å². The minimum Gasteiger partial charge on any atom is -0.356 e. The van der Waals surface area contributed by atoms with Gasteiger partial charge < -0.3 is 10.2 Å². The van der Waals surface area contributed by atoms with Crippen LogP contribution >= 0.6 is 0 Å². The van der Waals surface area contributed by atoms with Crippen molar-refractivity contribution >= 4 is 16.7 Å². The molecule has 0 unspecified atom stereocenters. The molecule has 1 N–H and O–H groups in total. The van der Waals surface area contributed by atoms with E-state index < -0.39 is 0 Å². The van der Waals surface area contributed by atoms with Gasteiger partial charge in [-0.3, -0.25) is 0 Å². The van der Waals surface area contributed by atoms with Gasteiger partial charge in [0.1, 0.15) is 5.82 Å². The number of nitrogens with zero attached hydrogens (tertiary/aromatic N) is 2. The molecule has 1 aromatic carbocycles. The molecule has 112 valence electrons. The number of hydrogen-bond donors (Lipinski definition) is 1. The van der Waals surface area contributed by atoms with E-state index in [2.05, 4.69) is 54.4 Å². The zero-order valence-corrected chi connectivity index (χ0v) is 13.1. The van der Waals surface area contributed by atoms with E-state index in [0.717, 1.165) is 25.2 Å². The largest absolute Gasteiger partial charge is 0.356 e. The van der Waals surface area contributed by atoms with E-state index in [1.807, 2.05) is 0 Å². The van der Waals surface area contributed by atoms with Crippen molar-refractivity contribution < 1.29 is 0 Å². The van der Waals surface area contributed by atoms with E-state index in [4.69, 9.17) is 4.98 Å². The van der Waals surface area contributed by atoms with Crippen molar-refractivity contribution in [3.63, 3.8) is 0 Å². The van der Waals surface area contributed by atoms with E-state index in [0.29, 0.717) is 6.04 Å². The van der Waals surface area contributed by atoms with Gasteiger partial charge in [-0.25, -0.2) is 4.98 Å². The summed E-state index contributed by atoms with van der Waals surface area (Å²) >= 11 is 0. The second-order valence-electron chi connectivity index (χ2n) is 6.25. The van der Waals surface area contributed by atoms with E-state index in [1.165, 1.54) is 36.0 Å². The predicted molar refractivity (Wildman–Crippen MR) is 89.8 cm³/mol. The minimum absolute atomic E-state index is 0.491. The quantitative estimate of drug-likeness (QED) is 0.927. The molecule has 1 fully saturated rings. The molecule has 0 atom stereocenters. The molecule has 3 heteroatoms. The van der Waals surface area contributed by atoms with Gasteiger partial charge >= 0.3 is 0 Å². The van der Waals surface area contributed by atoms with E-state index in [-0.39, 0.29) is 0 Å². The number of para-hydroxylation sites is 1. The third-order valence-electron chi connectivity index (χ3n) is 4.14. The Labute approximate surface area is 127 Å². The number of pyridine rings is 1. The van der Waals surface area contributed by atoms with Gasteiger partial charge in [-0.15, -0.1) is 0 Å². The molecule has 1 aromatic heterocycles. The van der Waals surface area contributed by atoms with Gasteiger partial charge in [0.25, 0.3) is 0 Å². The maximum absolute atomic E-state index is 4.96. The number of anilines is 1. The molecule has 3 nitrogen and oxygen atoms in total. The number of benzene rings is 1. The normalized spacial score (nSPS) is 15.9. The van der Waals surface area contributed by atoms with Gasteiger partial charge in [-0.05, 0) is 31.4 Å². The lowest BCUT2D eigenvalue weighted by Gasteiger charge is -2.30. The van der Waals surface area contributed by atoms with Crippen molar-refractivity contribution in [3.8, 4) is 0 Å². The summed E-state index contributed by atoms with van der Waals surface area (Å²) in [5.41, 5.74) is 2.43. The maximum Gasteiger partial charge on any atom is 0.133 e. The van der Waals surface area contributed by atoms with Crippen LogP contribution in [0.25, 0.3) is 10.9 Å². The van der Waals surface area contributed by atoms with Crippen LogP contribution in [0.5, 0.6) is 0 Å². The highest BCUT2D eigenvalue weighted by molar-refractivity contribution is 5.81. The van der Waals surface area contributed by atoms with Gasteiger partial charge in [-0.1, -0.05) is 32.0 Å². The van der Waals surface area contributed by atoms with Crippen molar-refractivity contribution in [2.75, 3.05) is 18.0 Å². The first-order valence-corrected chi connectivity index (χ1v) is 8.11. The van der Waals surface area contributed by atoms with Crippen molar-refractivity contribution in [1.82, 2.24) is 10.3 Å². The lowest BCUT2D eigenvalue weighted by atomic mass is 10.1. The van der Waals surface area contributed by atoms with Crippen LogP contribution in [0, 0.1) is 0 Å². The van der Waals surface area contributed by atoms with Gasteiger partial charge in [0.15, 0.2) is 0 Å². The zero-order chi connectivity index (χ0) is 14.7. The summed E-state index contributed by atoms with van der Waals surface area (Å²) in [6.45, 7) is 7.55. The van der Waals surface area contributed by atoms with Crippen LogP contribution in [0.2, 0.25) is 0 Å². The van der Waals surface area contributed by atoms with Gasteiger partial charge in [-0.2, -0.15) is 0 Å². The van der Waals surface area contributed by atoms with Gasteiger partial charge in [0, 0.05) is 36.6 Å². The van der Waals surface area contributed by atoms with Gasteiger partial charge in [0.2, 0.25) is 0 Å². The van der Waals surface area contributed by atoms with Crippen LogP contribution in [0.1, 0.15) is 38.7 Å². The number of piperidine rings is 1. The summed E-state index contributed by atoms with van der Waals surface area (Å²) in [5.74, 6) is 1.18. The second-order valence-corrected chi connectivity index (χ2v) is 6.25. The SMILES string of the molecule is CC(C)NCc1cc2ccccc2nc1N1CCCCC1. The highest BCUT2D eigenvalue weighted by atomic mass is 15.2. The van der Waals surface area contributed by atoms with Crippen LogP contribution in [-0.4, -0.2) is 24.1 Å². The van der Waals surface area contributed by atoms with Crippen LogP contribution in [0.3, 0.4) is 0 Å². The summed E-state index contributed by atoms with van der Waals surface area (Å²) in [4.78, 5) is 7.43. The van der Waals surface area contributed by atoms with E-state index in [9.17, 15) is 0 Å². The first-order chi connectivity index (χ1) is 10.2. The summed E-state index contributed by atoms with van der Waals surface area (Å²) in [7, 11) is 0. The molecule has 2 heterocycles. The molecule has 0 spiro atoms. The molecule has 0 radical (unpaired) electrons. The predicted octanol–water partition coefficient (Wildman–Crippen LogP) is 3.72. The fourth-order valence-electron chi connectivity index (χ4n) is 2.97. The highest BCUT2D eigenvalue weighted by Gasteiger charge is 2.17.